The van der Waals surface area contributed by atoms with Crippen LogP contribution in [0.3, 0.4) is 0 Å². The molecule has 2 nitrogen and oxygen atoms in total. The highest BCUT2D eigenvalue weighted by Gasteiger charge is 2.12. The quantitative estimate of drug-likeness (QED) is 0.330. The van der Waals surface area contributed by atoms with Crippen LogP contribution >= 0.6 is 0 Å². The molecule has 0 unspecified atom stereocenters. The van der Waals surface area contributed by atoms with Crippen molar-refractivity contribution < 1.29 is 0 Å². The Kier molecular flexibility index (Phi) is 4.38. The third-order valence-corrected chi connectivity index (χ3v) is 5.31. The zero-order valence-corrected chi connectivity index (χ0v) is 16.3. The van der Waals surface area contributed by atoms with Gasteiger partial charge in [0.05, 0.1) is 5.52 Å². The van der Waals surface area contributed by atoms with Crippen LogP contribution in [0.4, 0.5) is 11.4 Å². The third kappa shape index (κ3) is 3.19. The van der Waals surface area contributed by atoms with Crippen molar-refractivity contribution in [1.29, 1.82) is 0 Å². The molecule has 0 atom stereocenters. The second-order valence-corrected chi connectivity index (χ2v) is 7.19. The summed E-state index contributed by atoms with van der Waals surface area (Å²) < 4.78 is 0. The van der Waals surface area contributed by atoms with Gasteiger partial charge in [-0.25, -0.2) is 0 Å². The van der Waals surface area contributed by atoms with Crippen LogP contribution in [0.5, 0.6) is 0 Å². The molecule has 140 valence electrons. The molecule has 0 saturated carbocycles. The molecule has 0 aliphatic heterocycles. The summed E-state index contributed by atoms with van der Waals surface area (Å²) in [4.78, 5) is 3.65. The van der Waals surface area contributed by atoms with Crippen LogP contribution in [0, 0.1) is 0 Å². The molecule has 1 aromatic heterocycles. The molecule has 0 spiro atoms. The summed E-state index contributed by atoms with van der Waals surface area (Å²) in [7, 11) is 0. The Labute approximate surface area is 170 Å². The topological polar surface area (TPSA) is 27.8 Å². The second kappa shape index (κ2) is 7.33. The minimum Gasteiger partial charge on any atom is -0.355 e. The Morgan fingerprint density at radius 3 is 2.24 bits per heavy atom. The maximum Gasteiger partial charge on any atom is 0.0559 e. The lowest BCUT2D eigenvalue weighted by Gasteiger charge is -2.11. The molecule has 0 fully saturated rings. The Hall–Kier alpha value is -3.78. The summed E-state index contributed by atoms with van der Waals surface area (Å²) in [5, 5.41) is 6.05. The van der Waals surface area contributed by atoms with Crippen molar-refractivity contribution >= 4 is 39.3 Å². The molecule has 0 bridgehead atoms. The summed E-state index contributed by atoms with van der Waals surface area (Å²) >= 11 is 0. The summed E-state index contributed by atoms with van der Waals surface area (Å²) in [5.74, 6) is 0. The molecule has 5 aromatic rings. The number of hydrogen-bond donors (Lipinski definition) is 2. The zero-order valence-electron chi connectivity index (χ0n) is 16.3. The monoisotopic (exact) mass is 374 g/mol. The van der Waals surface area contributed by atoms with Gasteiger partial charge in [0, 0.05) is 33.2 Å². The van der Waals surface area contributed by atoms with Gasteiger partial charge in [0.25, 0.3) is 0 Å². The van der Waals surface area contributed by atoms with Crippen molar-refractivity contribution in [3.05, 3.63) is 103 Å². The molecule has 2 heteroatoms. The maximum atomic E-state index is 3.65. The Balaban J connectivity index is 1.69. The number of allylic oxidation sites excluding steroid dienone is 1. The van der Waals surface area contributed by atoms with Crippen LogP contribution in [0.2, 0.25) is 0 Å². The molecular formula is C27H22N2. The van der Waals surface area contributed by atoms with Crippen molar-refractivity contribution in [2.24, 2.45) is 0 Å². The molecular weight excluding hydrogens is 352 g/mol. The Bertz CT molecular complexity index is 1310. The van der Waals surface area contributed by atoms with Crippen LogP contribution in [0.25, 0.3) is 39.0 Å². The van der Waals surface area contributed by atoms with Gasteiger partial charge in [-0.15, -0.1) is 0 Å². The van der Waals surface area contributed by atoms with E-state index < -0.39 is 0 Å². The smallest absolute Gasteiger partial charge is 0.0559 e. The molecule has 0 radical (unpaired) electrons. The van der Waals surface area contributed by atoms with E-state index in [0.29, 0.717) is 0 Å². The van der Waals surface area contributed by atoms with Gasteiger partial charge in [0.1, 0.15) is 0 Å². The summed E-state index contributed by atoms with van der Waals surface area (Å²) in [6.07, 6.45) is 4.26. The largest absolute Gasteiger partial charge is 0.355 e. The van der Waals surface area contributed by atoms with Gasteiger partial charge in [-0.2, -0.15) is 0 Å². The van der Waals surface area contributed by atoms with Gasteiger partial charge in [0.2, 0.25) is 0 Å². The molecule has 5 rings (SSSR count). The molecule has 4 aromatic carbocycles. The van der Waals surface area contributed by atoms with Crippen LogP contribution in [0.1, 0.15) is 12.5 Å². The molecule has 2 N–H and O–H groups in total. The molecule has 0 amide bonds. The van der Waals surface area contributed by atoms with Crippen molar-refractivity contribution in [1.82, 2.24) is 4.98 Å². The average Bonchev–Trinajstić information content (AvgIpc) is 3.15. The van der Waals surface area contributed by atoms with Crippen molar-refractivity contribution in [3.8, 4) is 11.1 Å². The van der Waals surface area contributed by atoms with Gasteiger partial charge in [-0.05, 0) is 48.4 Å². The van der Waals surface area contributed by atoms with Gasteiger partial charge in [0.15, 0.2) is 0 Å². The maximum absolute atomic E-state index is 3.65. The third-order valence-electron chi connectivity index (χ3n) is 5.31. The number of fused-ring (bicyclic) bond motifs is 3. The number of aromatic amines is 1. The lowest BCUT2D eigenvalue weighted by molar-refractivity contribution is 1.50. The van der Waals surface area contributed by atoms with Gasteiger partial charge >= 0.3 is 0 Å². The number of para-hydroxylation sites is 1. The van der Waals surface area contributed by atoms with E-state index in [1.807, 2.05) is 18.2 Å². The van der Waals surface area contributed by atoms with E-state index in [4.69, 9.17) is 0 Å². The lowest BCUT2D eigenvalue weighted by atomic mass is 10.0. The lowest BCUT2D eigenvalue weighted by Crippen LogP contribution is -1.93. The van der Waals surface area contributed by atoms with E-state index in [1.165, 1.54) is 27.5 Å². The predicted octanol–water partition coefficient (Wildman–Crippen LogP) is 7.76. The highest BCUT2D eigenvalue weighted by molar-refractivity contribution is 6.12. The Morgan fingerprint density at radius 1 is 0.724 bits per heavy atom. The number of nitrogens with one attached hydrogen (secondary N) is 2. The number of anilines is 2. The highest BCUT2D eigenvalue weighted by Crippen LogP contribution is 2.35. The van der Waals surface area contributed by atoms with Gasteiger partial charge < -0.3 is 10.3 Å². The zero-order chi connectivity index (χ0) is 19.6. The fraction of sp³-hybridized carbons (Fsp3) is 0.0370. The molecule has 0 aliphatic carbocycles. The second-order valence-electron chi connectivity index (χ2n) is 7.19. The number of benzene rings is 4. The minimum atomic E-state index is 1.08. The van der Waals surface area contributed by atoms with Crippen molar-refractivity contribution in [3.63, 3.8) is 0 Å². The number of hydrogen-bond acceptors (Lipinski definition) is 1. The predicted molar refractivity (Wildman–Crippen MR) is 126 cm³/mol. The molecule has 0 saturated heterocycles. The molecule has 29 heavy (non-hydrogen) atoms. The van der Waals surface area contributed by atoms with E-state index in [0.717, 1.165) is 22.4 Å². The first-order valence-corrected chi connectivity index (χ1v) is 9.92. The van der Waals surface area contributed by atoms with Crippen molar-refractivity contribution in [2.45, 2.75) is 6.92 Å². The van der Waals surface area contributed by atoms with Crippen LogP contribution in [0.15, 0.2) is 97.1 Å². The first-order chi connectivity index (χ1) is 14.3. The minimum absolute atomic E-state index is 1.08. The van der Waals surface area contributed by atoms with Crippen LogP contribution in [-0.2, 0) is 0 Å². The van der Waals surface area contributed by atoms with E-state index in [1.54, 1.807) is 0 Å². The number of aromatic nitrogens is 1. The average molecular weight is 374 g/mol. The number of rotatable bonds is 4. The van der Waals surface area contributed by atoms with Crippen molar-refractivity contribution in [2.75, 3.05) is 5.32 Å². The SMILES string of the molecule is C/C=C\c1c(Nc2ccccc2)ccc2c1[nH]c1ccc(-c3ccccc3)cc12. The van der Waals surface area contributed by atoms with E-state index in [9.17, 15) is 0 Å². The standard InChI is InChI=1S/C27H22N2/c1-2-9-23-25(28-21-12-7-4-8-13-21)17-15-22-24-18-20(19-10-5-3-6-11-19)14-16-26(24)29-27(22)23/h2-18,28-29H,1H3/b9-2-. The van der Waals surface area contributed by atoms with Gasteiger partial charge in [-0.3, -0.25) is 0 Å². The van der Waals surface area contributed by atoms with E-state index in [2.05, 4.69) is 102 Å². The number of H-pyrrole nitrogens is 1. The van der Waals surface area contributed by atoms with Crippen LogP contribution in [-0.4, -0.2) is 4.98 Å². The van der Waals surface area contributed by atoms with E-state index in [-0.39, 0.29) is 0 Å². The summed E-state index contributed by atoms with van der Waals surface area (Å²) in [6.45, 7) is 2.06. The first-order valence-electron chi connectivity index (χ1n) is 9.92. The normalized spacial score (nSPS) is 11.5. The fourth-order valence-corrected chi connectivity index (χ4v) is 3.93. The fourth-order valence-electron chi connectivity index (χ4n) is 3.93. The first kappa shape index (κ1) is 17.3. The Morgan fingerprint density at radius 2 is 1.48 bits per heavy atom. The summed E-state index contributed by atoms with van der Waals surface area (Å²) in [6, 6.07) is 31.9. The highest BCUT2D eigenvalue weighted by atomic mass is 14.9. The van der Waals surface area contributed by atoms with Gasteiger partial charge in [-0.1, -0.05) is 72.8 Å². The molecule has 1 heterocycles. The van der Waals surface area contributed by atoms with E-state index >= 15 is 0 Å². The summed E-state index contributed by atoms with van der Waals surface area (Å²) in [5.41, 5.74) is 8.13. The molecule has 0 aliphatic rings. The van der Waals surface area contributed by atoms with Crippen LogP contribution < -0.4 is 5.32 Å².